The van der Waals surface area contributed by atoms with Gasteiger partial charge >= 0.3 is 0 Å². The normalized spacial score (nSPS) is 15.7. The van der Waals surface area contributed by atoms with Crippen molar-refractivity contribution in [3.8, 4) is 17.0 Å². The maximum absolute atomic E-state index is 13.2. The topological polar surface area (TPSA) is 78.5 Å². The predicted molar refractivity (Wildman–Crippen MR) is 119 cm³/mol. The Morgan fingerprint density at radius 1 is 1.33 bits per heavy atom. The molecule has 1 aliphatic rings. The molecular weight excluding hydrogens is 470 g/mol. The van der Waals surface area contributed by atoms with Crippen LogP contribution in [0.3, 0.4) is 0 Å². The number of aryl methyl sites for hydroxylation is 1. The van der Waals surface area contributed by atoms with E-state index in [1.807, 2.05) is 36.1 Å². The SMILES string of the molecule is COCCCN1C(=O)c2[nH]nc(-c3cc(Cl)c(C)cc3O)c2C1c1cccc(Br)c1. The number of fused-ring (bicyclic) bond motifs is 1. The minimum Gasteiger partial charge on any atom is -0.507 e. The van der Waals surface area contributed by atoms with Gasteiger partial charge < -0.3 is 14.7 Å². The summed E-state index contributed by atoms with van der Waals surface area (Å²) in [6, 6.07) is 10.8. The van der Waals surface area contributed by atoms with Crippen molar-refractivity contribution >= 4 is 33.4 Å². The first-order valence-electron chi connectivity index (χ1n) is 9.55. The highest BCUT2D eigenvalue weighted by molar-refractivity contribution is 9.10. The van der Waals surface area contributed by atoms with Crippen LogP contribution in [0.5, 0.6) is 5.75 Å². The number of rotatable bonds is 6. The monoisotopic (exact) mass is 489 g/mol. The number of hydrogen-bond acceptors (Lipinski definition) is 4. The summed E-state index contributed by atoms with van der Waals surface area (Å²) in [5.41, 5.74) is 3.92. The van der Waals surface area contributed by atoms with Crippen LogP contribution in [-0.4, -0.2) is 46.4 Å². The highest BCUT2D eigenvalue weighted by Gasteiger charge is 2.42. The molecule has 1 atom stereocenters. The van der Waals surface area contributed by atoms with Gasteiger partial charge in [-0.25, -0.2) is 0 Å². The van der Waals surface area contributed by atoms with E-state index >= 15 is 0 Å². The highest BCUT2D eigenvalue weighted by Crippen LogP contribution is 2.45. The average molecular weight is 491 g/mol. The van der Waals surface area contributed by atoms with Crippen LogP contribution in [0.15, 0.2) is 40.9 Å². The van der Waals surface area contributed by atoms with Crippen LogP contribution in [-0.2, 0) is 4.74 Å². The van der Waals surface area contributed by atoms with Crippen LogP contribution in [0.2, 0.25) is 5.02 Å². The lowest BCUT2D eigenvalue weighted by molar-refractivity contribution is 0.0723. The molecule has 3 aromatic rings. The Labute approximate surface area is 187 Å². The first-order valence-corrected chi connectivity index (χ1v) is 10.7. The van der Waals surface area contributed by atoms with E-state index in [4.69, 9.17) is 16.3 Å². The van der Waals surface area contributed by atoms with Gasteiger partial charge in [0.2, 0.25) is 0 Å². The van der Waals surface area contributed by atoms with Crippen molar-refractivity contribution in [1.29, 1.82) is 0 Å². The number of hydrogen-bond donors (Lipinski definition) is 2. The molecule has 0 spiro atoms. The molecule has 1 unspecified atom stereocenters. The van der Waals surface area contributed by atoms with E-state index in [0.717, 1.165) is 21.2 Å². The number of carbonyl (C=O) groups excluding carboxylic acids is 1. The molecule has 0 bridgehead atoms. The van der Waals surface area contributed by atoms with Crippen molar-refractivity contribution in [3.63, 3.8) is 0 Å². The minimum atomic E-state index is -0.338. The van der Waals surface area contributed by atoms with Gasteiger partial charge in [0.1, 0.15) is 17.1 Å². The number of methoxy groups -OCH3 is 1. The van der Waals surface area contributed by atoms with Crippen molar-refractivity contribution in [2.24, 2.45) is 0 Å². The van der Waals surface area contributed by atoms with E-state index in [1.54, 1.807) is 19.2 Å². The number of H-pyrrole nitrogens is 1. The number of aromatic amines is 1. The van der Waals surface area contributed by atoms with Gasteiger partial charge in [-0.3, -0.25) is 9.89 Å². The number of phenolic OH excluding ortho intramolecular Hbond substituents is 1. The van der Waals surface area contributed by atoms with Crippen LogP contribution in [0, 0.1) is 6.92 Å². The van der Waals surface area contributed by atoms with Gasteiger partial charge in [0.15, 0.2) is 0 Å². The third kappa shape index (κ3) is 3.62. The molecule has 0 radical (unpaired) electrons. The second kappa shape index (κ2) is 8.41. The number of ether oxygens (including phenoxy) is 1. The number of phenols is 1. The zero-order chi connectivity index (χ0) is 21.4. The van der Waals surface area contributed by atoms with Gasteiger partial charge in [-0.05, 0) is 48.7 Å². The second-order valence-electron chi connectivity index (χ2n) is 7.28. The van der Waals surface area contributed by atoms with E-state index in [9.17, 15) is 9.90 Å². The Balaban J connectivity index is 1.87. The summed E-state index contributed by atoms with van der Waals surface area (Å²) in [6.45, 7) is 2.92. The number of halogens is 2. The molecule has 1 aliphatic heterocycles. The number of nitrogens with one attached hydrogen (secondary N) is 1. The molecule has 2 heterocycles. The molecule has 4 rings (SSSR count). The lowest BCUT2D eigenvalue weighted by atomic mass is 9.95. The van der Waals surface area contributed by atoms with Crippen LogP contribution in [0.25, 0.3) is 11.3 Å². The fourth-order valence-electron chi connectivity index (χ4n) is 3.89. The van der Waals surface area contributed by atoms with E-state index in [0.29, 0.717) is 41.5 Å². The Bertz CT molecular complexity index is 1120. The Hall–Kier alpha value is -2.35. The van der Waals surface area contributed by atoms with Crippen molar-refractivity contribution in [1.82, 2.24) is 15.1 Å². The molecule has 2 N–H and O–H groups in total. The molecule has 8 heteroatoms. The van der Waals surface area contributed by atoms with E-state index < -0.39 is 0 Å². The maximum Gasteiger partial charge on any atom is 0.273 e. The zero-order valence-corrected chi connectivity index (χ0v) is 18.9. The van der Waals surface area contributed by atoms with Crippen molar-refractivity contribution < 1.29 is 14.6 Å². The number of aromatic nitrogens is 2. The molecule has 2 aromatic carbocycles. The number of benzene rings is 2. The summed E-state index contributed by atoms with van der Waals surface area (Å²) < 4.78 is 6.10. The van der Waals surface area contributed by atoms with Crippen molar-refractivity contribution in [2.45, 2.75) is 19.4 Å². The van der Waals surface area contributed by atoms with Crippen LogP contribution in [0.1, 0.15) is 39.6 Å². The molecule has 156 valence electrons. The molecule has 0 fully saturated rings. The highest BCUT2D eigenvalue weighted by atomic mass is 79.9. The van der Waals surface area contributed by atoms with Crippen molar-refractivity contribution in [3.05, 3.63) is 68.3 Å². The lowest BCUT2D eigenvalue weighted by Crippen LogP contribution is -2.31. The predicted octanol–water partition coefficient (Wildman–Crippen LogP) is 5.09. The van der Waals surface area contributed by atoms with Gasteiger partial charge in [-0.1, -0.05) is 39.7 Å². The van der Waals surface area contributed by atoms with Gasteiger partial charge in [0.25, 0.3) is 5.91 Å². The first-order chi connectivity index (χ1) is 14.4. The lowest BCUT2D eigenvalue weighted by Gasteiger charge is -2.26. The fourth-order valence-corrected chi connectivity index (χ4v) is 4.47. The third-order valence-electron chi connectivity index (χ3n) is 5.31. The Morgan fingerprint density at radius 3 is 2.87 bits per heavy atom. The average Bonchev–Trinajstić information content (AvgIpc) is 3.24. The zero-order valence-electron chi connectivity index (χ0n) is 16.6. The molecule has 0 saturated heterocycles. The smallest absolute Gasteiger partial charge is 0.273 e. The van der Waals surface area contributed by atoms with E-state index in [-0.39, 0.29) is 17.7 Å². The first kappa shape index (κ1) is 20.9. The second-order valence-corrected chi connectivity index (χ2v) is 8.60. The van der Waals surface area contributed by atoms with Crippen LogP contribution < -0.4 is 0 Å². The standard InChI is InChI=1S/C22H21BrClN3O3/c1-12-9-17(28)15(11-16(12)24)19-18-20(26-25-19)22(29)27(7-4-8-30-2)21(18)13-5-3-6-14(23)10-13/h3,5-6,9-11,21,28H,4,7-8H2,1-2H3,(H,25,26). The number of aromatic hydroxyl groups is 1. The summed E-state index contributed by atoms with van der Waals surface area (Å²) >= 11 is 9.85. The molecule has 0 aliphatic carbocycles. The third-order valence-corrected chi connectivity index (χ3v) is 6.21. The summed E-state index contributed by atoms with van der Waals surface area (Å²) in [5.74, 6) is -0.0491. The minimum absolute atomic E-state index is 0.0736. The van der Waals surface area contributed by atoms with Gasteiger partial charge in [-0.15, -0.1) is 0 Å². The maximum atomic E-state index is 13.2. The summed E-state index contributed by atoms with van der Waals surface area (Å²) in [5, 5.41) is 18.4. The number of amides is 1. The largest absolute Gasteiger partial charge is 0.507 e. The molecule has 30 heavy (non-hydrogen) atoms. The number of nitrogens with zero attached hydrogens (tertiary/aromatic N) is 2. The van der Waals surface area contributed by atoms with Gasteiger partial charge in [-0.2, -0.15) is 5.10 Å². The quantitative estimate of drug-likeness (QED) is 0.472. The summed E-state index contributed by atoms with van der Waals surface area (Å²) in [6.07, 6.45) is 0.710. The van der Waals surface area contributed by atoms with E-state index in [1.165, 1.54) is 0 Å². The van der Waals surface area contributed by atoms with E-state index in [2.05, 4.69) is 26.1 Å². The molecule has 6 nitrogen and oxygen atoms in total. The summed E-state index contributed by atoms with van der Waals surface area (Å²) in [7, 11) is 1.64. The molecule has 0 saturated carbocycles. The van der Waals surface area contributed by atoms with Crippen molar-refractivity contribution in [2.75, 3.05) is 20.3 Å². The molecule has 1 aromatic heterocycles. The van der Waals surface area contributed by atoms with Gasteiger partial charge in [0.05, 0.1) is 6.04 Å². The Kier molecular flexibility index (Phi) is 5.86. The van der Waals surface area contributed by atoms with Crippen LogP contribution in [0.4, 0.5) is 0 Å². The Morgan fingerprint density at radius 2 is 2.13 bits per heavy atom. The van der Waals surface area contributed by atoms with Crippen LogP contribution >= 0.6 is 27.5 Å². The number of carbonyl (C=O) groups is 1. The molecular formula is C22H21BrClN3O3. The fraction of sp³-hybridized carbons (Fsp3) is 0.273. The molecule has 1 amide bonds. The summed E-state index contributed by atoms with van der Waals surface area (Å²) in [4.78, 5) is 15.0. The van der Waals surface area contributed by atoms with Gasteiger partial charge in [0, 0.05) is 40.9 Å².